The van der Waals surface area contributed by atoms with Crippen LogP contribution in [0.15, 0.2) is 11.8 Å². The number of hydrogen-bond donors (Lipinski definition) is 2. The highest BCUT2D eigenvalue weighted by atomic mass is 16.2. The maximum atomic E-state index is 10.6. The normalized spacial score (nSPS) is 11.5. The lowest BCUT2D eigenvalue weighted by atomic mass is 10.2. The van der Waals surface area contributed by atoms with E-state index in [1.165, 1.54) is 6.92 Å². The third-order valence-electron chi connectivity index (χ3n) is 1.66. The van der Waals surface area contributed by atoms with Gasteiger partial charge in [0.25, 0.3) is 0 Å². The Bertz CT molecular complexity index is 176. The summed E-state index contributed by atoms with van der Waals surface area (Å²) in [5.41, 5.74) is 0.913. The maximum absolute atomic E-state index is 10.6. The van der Waals surface area contributed by atoms with E-state index in [0.29, 0.717) is 0 Å². The van der Waals surface area contributed by atoms with Gasteiger partial charge in [0.1, 0.15) is 0 Å². The molecular weight excluding hydrogens is 166 g/mol. The van der Waals surface area contributed by atoms with E-state index in [-0.39, 0.29) is 12.4 Å². The molecule has 0 aromatic carbocycles. The van der Waals surface area contributed by atoms with Crippen LogP contribution >= 0.6 is 0 Å². The van der Waals surface area contributed by atoms with Gasteiger partial charge in [-0.05, 0) is 39.2 Å². The maximum Gasteiger partial charge on any atom is 0.154 e. The average molecular weight is 185 g/mol. The van der Waals surface area contributed by atoms with Crippen LogP contribution in [0.2, 0.25) is 0 Å². The third kappa shape index (κ3) is 9.08. The van der Waals surface area contributed by atoms with Crippen molar-refractivity contribution in [2.75, 3.05) is 13.2 Å². The molecule has 0 heterocycles. The molecule has 13 heavy (non-hydrogen) atoms. The highest BCUT2D eigenvalue weighted by molar-refractivity contribution is 5.87. The summed E-state index contributed by atoms with van der Waals surface area (Å²) >= 11 is 0. The van der Waals surface area contributed by atoms with Gasteiger partial charge in [-0.2, -0.15) is 0 Å². The molecule has 0 spiro atoms. The summed E-state index contributed by atoms with van der Waals surface area (Å²) in [6.45, 7) is 4.56. The first-order chi connectivity index (χ1) is 6.16. The Morgan fingerprint density at radius 2 is 2.00 bits per heavy atom. The van der Waals surface area contributed by atoms with Gasteiger partial charge in [-0.25, -0.2) is 0 Å². The van der Waals surface area contributed by atoms with Gasteiger partial charge in [-0.3, -0.25) is 4.79 Å². The number of carbonyl (C=O) groups is 1. The van der Waals surface area contributed by atoms with Crippen LogP contribution in [0.1, 0.15) is 33.1 Å². The average Bonchev–Trinajstić information content (AvgIpc) is 2.02. The summed E-state index contributed by atoms with van der Waals surface area (Å²) < 4.78 is 0. The van der Waals surface area contributed by atoms with Gasteiger partial charge in [0.2, 0.25) is 0 Å². The standard InChI is InChI=1S/C10H19NO2/c1-9(8-10(2)13)11-6-4-3-5-7-12/h8,11-12H,3-7H2,1-2H3/b9-8-. The lowest BCUT2D eigenvalue weighted by Crippen LogP contribution is -2.13. The number of hydrogen-bond acceptors (Lipinski definition) is 3. The van der Waals surface area contributed by atoms with E-state index in [4.69, 9.17) is 5.11 Å². The van der Waals surface area contributed by atoms with E-state index in [2.05, 4.69) is 5.32 Å². The third-order valence-corrected chi connectivity index (χ3v) is 1.66. The largest absolute Gasteiger partial charge is 0.396 e. The first kappa shape index (κ1) is 12.2. The molecule has 3 heteroatoms. The van der Waals surface area contributed by atoms with Crippen LogP contribution in [0, 0.1) is 0 Å². The van der Waals surface area contributed by atoms with E-state index in [1.54, 1.807) is 6.08 Å². The van der Waals surface area contributed by atoms with E-state index < -0.39 is 0 Å². The minimum Gasteiger partial charge on any atom is -0.396 e. The van der Waals surface area contributed by atoms with E-state index >= 15 is 0 Å². The number of aliphatic hydroxyl groups is 1. The van der Waals surface area contributed by atoms with Gasteiger partial charge in [0.15, 0.2) is 5.78 Å². The van der Waals surface area contributed by atoms with Crippen molar-refractivity contribution in [2.45, 2.75) is 33.1 Å². The lowest BCUT2D eigenvalue weighted by molar-refractivity contribution is -0.112. The Morgan fingerprint density at radius 1 is 1.31 bits per heavy atom. The molecule has 0 saturated carbocycles. The molecule has 0 bridgehead atoms. The van der Waals surface area contributed by atoms with Crippen molar-refractivity contribution < 1.29 is 9.90 Å². The molecular formula is C10H19NO2. The predicted octanol–water partition coefficient (Wildman–Crippen LogP) is 1.23. The van der Waals surface area contributed by atoms with Crippen LogP contribution in [-0.4, -0.2) is 24.0 Å². The molecule has 0 aromatic rings. The van der Waals surface area contributed by atoms with Crippen molar-refractivity contribution in [3.05, 3.63) is 11.8 Å². The number of allylic oxidation sites excluding steroid dienone is 2. The second kappa shape index (κ2) is 7.80. The SMILES string of the molecule is CC(=O)/C=C(/C)NCCCCCO. The molecule has 0 radical (unpaired) electrons. The highest BCUT2D eigenvalue weighted by Crippen LogP contribution is 1.94. The smallest absolute Gasteiger partial charge is 0.154 e. The zero-order valence-corrected chi connectivity index (χ0v) is 8.47. The van der Waals surface area contributed by atoms with Gasteiger partial charge in [0, 0.05) is 18.8 Å². The van der Waals surface area contributed by atoms with Gasteiger partial charge < -0.3 is 10.4 Å². The number of nitrogens with one attached hydrogen (secondary N) is 1. The summed E-state index contributed by atoms with van der Waals surface area (Å²) in [6, 6.07) is 0. The zero-order valence-electron chi connectivity index (χ0n) is 8.47. The fourth-order valence-corrected chi connectivity index (χ4v) is 1.06. The Morgan fingerprint density at radius 3 is 2.54 bits per heavy atom. The van der Waals surface area contributed by atoms with Crippen LogP contribution in [0.4, 0.5) is 0 Å². The second-order valence-electron chi connectivity index (χ2n) is 3.15. The highest BCUT2D eigenvalue weighted by Gasteiger charge is 1.91. The first-order valence-corrected chi connectivity index (χ1v) is 4.70. The molecule has 0 amide bonds. The predicted molar refractivity (Wildman–Crippen MR) is 53.4 cm³/mol. The molecule has 0 aliphatic carbocycles. The Balaban J connectivity index is 3.37. The number of ketones is 1. The Labute approximate surface area is 79.8 Å². The minimum atomic E-state index is 0.0698. The molecule has 0 rings (SSSR count). The first-order valence-electron chi connectivity index (χ1n) is 4.70. The molecule has 0 aliphatic rings. The van der Waals surface area contributed by atoms with Crippen molar-refractivity contribution in [1.29, 1.82) is 0 Å². The lowest BCUT2D eigenvalue weighted by Gasteiger charge is -2.04. The number of unbranched alkanes of at least 4 members (excludes halogenated alkanes) is 2. The second-order valence-corrected chi connectivity index (χ2v) is 3.15. The summed E-state index contributed by atoms with van der Waals surface area (Å²) in [5, 5.41) is 11.6. The number of carbonyl (C=O) groups excluding carboxylic acids is 1. The van der Waals surface area contributed by atoms with Gasteiger partial charge in [0.05, 0.1) is 0 Å². The summed E-state index contributed by atoms with van der Waals surface area (Å²) in [4.78, 5) is 10.6. The van der Waals surface area contributed by atoms with Crippen LogP contribution in [-0.2, 0) is 4.79 Å². The fourth-order valence-electron chi connectivity index (χ4n) is 1.06. The molecule has 2 N–H and O–H groups in total. The van der Waals surface area contributed by atoms with Crippen LogP contribution in [0.3, 0.4) is 0 Å². The van der Waals surface area contributed by atoms with Crippen LogP contribution < -0.4 is 5.32 Å². The number of aliphatic hydroxyl groups excluding tert-OH is 1. The molecule has 0 saturated heterocycles. The minimum absolute atomic E-state index is 0.0698. The number of rotatable bonds is 7. The Hall–Kier alpha value is -0.830. The summed E-state index contributed by atoms with van der Waals surface area (Å²) in [5.74, 6) is 0.0698. The van der Waals surface area contributed by atoms with Gasteiger partial charge in [-0.1, -0.05) is 0 Å². The fraction of sp³-hybridized carbons (Fsp3) is 0.700. The van der Waals surface area contributed by atoms with E-state index in [0.717, 1.165) is 31.5 Å². The van der Waals surface area contributed by atoms with E-state index in [1.807, 2.05) is 6.92 Å². The van der Waals surface area contributed by atoms with Gasteiger partial charge >= 0.3 is 0 Å². The van der Waals surface area contributed by atoms with Crippen molar-refractivity contribution >= 4 is 5.78 Å². The topological polar surface area (TPSA) is 49.3 Å². The van der Waals surface area contributed by atoms with Crippen LogP contribution in [0.5, 0.6) is 0 Å². The molecule has 3 nitrogen and oxygen atoms in total. The van der Waals surface area contributed by atoms with Crippen molar-refractivity contribution in [3.63, 3.8) is 0 Å². The summed E-state index contributed by atoms with van der Waals surface area (Å²) in [6.07, 6.45) is 4.50. The summed E-state index contributed by atoms with van der Waals surface area (Å²) in [7, 11) is 0. The van der Waals surface area contributed by atoms with Crippen molar-refractivity contribution in [1.82, 2.24) is 5.32 Å². The Kier molecular flexibility index (Phi) is 7.30. The molecule has 76 valence electrons. The zero-order chi connectivity index (χ0) is 10.1. The van der Waals surface area contributed by atoms with E-state index in [9.17, 15) is 4.79 Å². The molecule has 0 aromatic heterocycles. The molecule has 0 aliphatic heterocycles. The monoisotopic (exact) mass is 185 g/mol. The van der Waals surface area contributed by atoms with Crippen molar-refractivity contribution in [2.24, 2.45) is 0 Å². The van der Waals surface area contributed by atoms with Gasteiger partial charge in [-0.15, -0.1) is 0 Å². The quantitative estimate of drug-likeness (QED) is 0.463. The van der Waals surface area contributed by atoms with Crippen LogP contribution in [0.25, 0.3) is 0 Å². The molecule has 0 unspecified atom stereocenters. The van der Waals surface area contributed by atoms with Crippen molar-refractivity contribution in [3.8, 4) is 0 Å². The molecule has 0 atom stereocenters. The molecule has 0 fully saturated rings.